The summed E-state index contributed by atoms with van der Waals surface area (Å²) in [5.41, 5.74) is 8.46. The first-order valence-corrected chi connectivity index (χ1v) is 7.15. The highest BCUT2D eigenvalue weighted by Gasteiger charge is 2.14. The van der Waals surface area contributed by atoms with Gasteiger partial charge < -0.3 is 20.5 Å². The smallest absolute Gasteiger partial charge is 0.0745 e. The Balaban J connectivity index is 2.53. The molecule has 0 aliphatic heterocycles. The number of aliphatic hydroxyl groups is 1. The van der Waals surface area contributed by atoms with Crippen molar-refractivity contribution in [2.45, 2.75) is 0 Å². The van der Waals surface area contributed by atoms with Gasteiger partial charge in [-0.3, -0.25) is 4.98 Å². The van der Waals surface area contributed by atoms with Crippen LogP contribution in [0.5, 0.6) is 0 Å². The molecule has 2 aromatic rings. The minimum atomic E-state index is 0.0565. The van der Waals surface area contributed by atoms with E-state index in [4.69, 9.17) is 10.5 Å². The van der Waals surface area contributed by atoms with Crippen molar-refractivity contribution in [3.05, 3.63) is 28.9 Å². The van der Waals surface area contributed by atoms with E-state index < -0.39 is 0 Å². The lowest BCUT2D eigenvalue weighted by molar-refractivity contribution is 0.203. The van der Waals surface area contributed by atoms with Gasteiger partial charge in [-0.1, -0.05) is 15.9 Å². The third-order valence-electron chi connectivity index (χ3n) is 3.08. The lowest BCUT2D eigenvalue weighted by atomic mass is 10.1. The topological polar surface area (TPSA) is 71.6 Å². The molecule has 0 radical (unpaired) electrons. The summed E-state index contributed by atoms with van der Waals surface area (Å²) in [6.45, 7) is 1.78. The van der Waals surface area contributed by atoms with E-state index in [0.717, 1.165) is 21.1 Å². The summed E-state index contributed by atoms with van der Waals surface area (Å²) in [5.74, 6) is 0. The van der Waals surface area contributed by atoms with Gasteiger partial charge in [0.2, 0.25) is 0 Å². The van der Waals surface area contributed by atoms with Crippen molar-refractivity contribution in [1.29, 1.82) is 0 Å². The first kappa shape index (κ1) is 15.0. The van der Waals surface area contributed by atoms with Gasteiger partial charge in [0.05, 0.1) is 36.3 Å². The maximum absolute atomic E-state index is 9.27. The molecule has 2 rings (SSSR count). The Hall–Kier alpha value is -1.37. The molecule has 0 aliphatic carbocycles. The molecule has 0 saturated heterocycles. The van der Waals surface area contributed by atoms with Crippen molar-refractivity contribution in [2.24, 2.45) is 0 Å². The number of hydrogen-bond acceptors (Lipinski definition) is 5. The Labute approximate surface area is 126 Å². The second kappa shape index (κ2) is 6.88. The molecule has 5 nitrogen and oxygen atoms in total. The van der Waals surface area contributed by atoms with Gasteiger partial charge in [0.25, 0.3) is 0 Å². The van der Waals surface area contributed by atoms with E-state index in [-0.39, 0.29) is 6.61 Å². The zero-order valence-electron chi connectivity index (χ0n) is 11.3. The standard InChI is InChI=1S/C14H18BrN3O2/c1-20-7-5-18(4-6-19)14-11-8-10(15)2-3-13(11)17-9-12(14)16/h2-3,8-9,19H,4-7,16H2,1H3. The van der Waals surface area contributed by atoms with Crippen molar-refractivity contribution in [3.63, 3.8) is 0 Å². The lowest BCUT2D eigenvalue weighted by Gasteiger charge is -2.26. The highest BCUT2D eigenvalue weighted by molar-refractivity contribution is 9.10. The van der Waals surface area contributed by atoms with Crippen molar-refractivity contribution >= 4 is 38.2 Å². The normalized spacial score (nSPS) is 10.9. The summed E-state index contributed by atoms with van der Waals surface area (Å²) >= 11 is 3.47. The van der Waals surface area contributed by atoms with E-state index in [0.29, 0.717) is 25.4 Å². The van der Waals surface area contributed by atoms with E-state index in [1.807, 2.05) is 23.1 Å². The Morgan fingerprint density at radius 1 is 1.40 bits per heavy atom. The van der Waals surface area contributed by atoms with Crippen LogP contribution in [0, 0.1) is 0 Å². The van der Waals surface area contributed by atoms with E-state index in [1.54, 1.807) is 13.3 Å². The second-order valence-corrected chi connectivity index (χ2v) is 5.34. The molecule has 1 aromatic heterocycles. The summed E-state index contributed by atoms with van der Waals surface area (Å²) in [6, 6.07) is 5.88. The molecule has 1 heterocycles. The molecule has 108 valence electrons. The maximum Gasteiger partial charge on any atom is 0.0745 e. The summed E-state index contributed by atoms with van der Waals surface area (Å²) in [5, 5.41) is 10.2. The number of hydrogen-bond donors (Lipinski definition) is 2. The molecular weight excluding hydrogens is 322 g/mol. The minimum Gasteiger partial charge on any atom is -0.396 e. The molecule has 0 atom stereocenters. The zero-order chi connectivity index (χ0) is 14.5. The maximum atomic E-state index is 9.27. The van der Waals surface area contributed by atoms with Crippen LogP contribution in [0.25, 0.3) is 10.9 Å². The lowest BCUT2D eigenvalue weighted by Crippen LogP contribution is -2.31. The van der Waals surface area contributed by atoms with Crippen molar-refractivity contribution in [2.75, 3.05) is 44.0 Å². The van der Waals surface area contributed by atoms with E-state index >= 15 is 0 Å². The van der Waals surface area contributed by atoms with Crippen LogP contribution in [0.4, 0.5) is 11.4 Å². The molecule has 3 N–H and O–H groups in total. The monoisotopic (exact) mass is 339 g/mol. The molecule has 0 saturated carbocycles. The molecule has 0 fully saturated rings. The van der Waals surface area contributed by atoms with Crippen LogP contribution >= 0.6 is 15.9 Å². The van der Waals surface area contributed by atoms with Gasteiger partial charge in [0.15, 0.2) is 0 Å². The van der Waals surface area contributed by atoms with Crippen LogP contribution in [-0.2, 0) is 4.74 Å². The van der Waals surface area contributed by atoms with E-state index in [1.165, 1.54) is 0 Å². The number of pyridine rings is 1. The predicted octanol–water partition coefficient (Wildman–Crippen LogP) is 2.02. The first-order valence-electron chi connectivity index (χ1n) is 6.36. The van der Waals surface area contributed by atoms with Gasteiger partial charge in [0, 0.05) is 30.1 Å². The Bertz CT molecular complexity index is 587. The highest BCUT2D eigenvalue weighted by atomic mass is 79.9. The zero-order valence-corrected chi connectivity index (χ0v) is 12.9. The van der Waals surface area contributed by atoms with E-state index in [2.05, 4.69) is 20.9 Å². The number of anilines is 2. The predicted molar refractivity (Wildman–Crippen MR) is 85.0 cm³/mol. The number of ether oxygens (including phenoxy) is 1. The molecule has 0 aliphatic rings. The van der Waals surface area contributed by atoms with Crippen molar-refractivity contribution in [3.8, 4) is 0 Å². The Kier molecular flexibility index (Phi) is 5.17. The second-order valence-electron chi connectivity index (χ2n) is 4.43. The van der Waals surface area contributed by atoms with Crippen LogP contribution in [-0.4, -0.2) is 43.5 Å². The quantitative estimate of drug-likeness (QED) is 0.842. The third kappa shape index (κ3) is 3.20. The van der Waals surface area contributed by atoms with Gasteiger partial charge >= 0.3 is 0 Å². The molecule has 6 heteroatoms. The molecule has 0 bridgehead atoms. The van der Waals surface area contributed by atoms with Crippen LogP contribution in [0.2, 0.25) is 0 Å². The van der Waals surface area contributed by atoms with Crippen molar-refractivity contribution < 1.29 is 9.84 Å². The SMILES string of the molecule is COCCN(CCO)c1c(N)cnc2ccc(Br)cc12. The average molecular weight is 340 g/mol. The van der Waals surface area contributed by atoms with Crippen LogP contribution in [0.3, 0.4) is 0 Å². The highest BCUT2D eigenvalue weighted by Crippen LogP contribution is 2.33. The summed E-state index contributed by atoms with van der Waals surface area (Å²) in [7, 11) is 1.65. The molecule has 20 heavy (non-hydrogen) atoms. The number of aliphatic hydroxyl groups excluding tert-OH is 1. The summed E-state index contributed by atoms with van der Waals surface area (Å²) in [6.07, 6.45) is 1.66. The van der Waals surface area contributed by atoms with Crippen LogP contribution in [0.1, 0.15) is 0 Å². The fourth-order valence-electron chi connectivity index (χ4n) is 2.18. The number of aromatic nitrogens is 1. The number of nitrogen functional groups attached to an aromatic ring is 1. The first-order chi connectivity index (χ1) is 9.67. The fourth-order valence-corrected chi connectivity index (χ4v) is 2.54. The Morgan fingerprint density at radius 2 is 2.20 bits per heavy atom. The van der Waals surface area contributed by atoms with Gasteiger partial charge in [-0.2, -0.15) is 0 Å². The third-order valence-corrected chi connectivity index (χ3v) is 3.57. The summed E-state index contributed by atoms with van der Waals surface area (Å²) < 4.78 is 6.09. The molecule has 0 amide bonds. The number of nitrogens with zero attached hydrogens (tertiary/aromatic N) is 2. The molecular formula is C14H18BrN3O2. The number of rotatable bonds is 6. The fraction of sp³-hybridized carbons (Fsp3) is 0.357. The minimum absolute atomic E-state index is 0.0565. The molecule has 0 spiro atoms. The van der Waals surface area contributed by atoms with Crippen LogP contribution in [0.15, 0.2) is 28.9 Å². The summed E-state index contributed by atoms with van der Waals surface area (Å²) in [4.78, 5) is 6.36. The molecule has 0 unspecified atom stereocenters. The number of fused-ring (bicyclic) bond motifs is 1. The molecule has 1 aromatic carbocycles. The van der Waals surface area contributed by atoms with E-state index in [9.17, 15) is 5.11 Å². The average Bonchev–Trinajstić information content (AvgIpc) is 2.44. The van der Waals surface area contributed by atoms with Crippen molar-refractivity contribution in [1.82, 2.24) is 4.98 Å². The number of methoxy groups -OCH3 is 1. The number of benzene rings is 1. The van der Waals surface area contributed by atoms with Crippen LogP contribution < -0.4 is 10.6 Å². The van der Waals surface area contributed by atoms with Gasteiger partial charge in [-0.15, -0.1) is 0 Å². The van der Waals surface area contributed by atoms with Gasteiger partial charge in [0.1, 0.15) is 0 Å². The van der Waals surface area contributed by atoms with Gasteiger partial charge in [-0.25, -0.2) is 0 Å². The van der Waals surface area contributed by atoms with Gasteiger partial charge in [-0.05, 0) is 18.2 Å². The Morgan fingerprint density at radius 3 is 2.90 bits per heavy atom. The largest absolute Gasteiger partial charge is 0.396 e. The number of halogens is 1. The number of nitrogens with two attached hydrogens (primary N) is 1.